The summed E-state index contributed by atoms with van der Waals surface area (Å²) < 4.78 is 29.0. The van der Waals surface area contributed by atoms with Crippen molar-refractivity contribution >= 4 is 62.3 Å². The van der Waals surface area contributed by atoms with E-state index in [9.17, 15) is 18.0 Å². The van der Waals surface area contributed by atoms with Gasteiger partial charge in [0.05, 0.1) is 10.6 Å². The molecule has 0 spiro atoms. The quantitative estimate of drug-likeness (QED) is 0.221. The molecule has 2 amide bonds. The van der Waals surface area contributed by atoms with Gasteiger partial charge in [-0.25, -0.2) is 8.42 Å². The third kappa shape index (κ3) is 8.38. The number of benzene rings is 3. The van der Waals surface area contributed by atoms with Crippen LogP contribution in [0.25, 0.3) is 0 Å². The third-order valence-corrected chi connectivity index (χ3v) is 9.28. The molecule has 0 saturated heterocycles. The molecule has 0 aromatic heterocycles. The van der Waals surface area contributed by atoms with Crippen molar-refractivity contribution in [1.29, 1.82) is 0 Å². The molecule has 1 atom stereocenters. The predicted octanol–water partition coefficient (Wildman–Crippen LogP) is 6.79. The number of rotatable bonds is 12. The first-order valence-electron chi connectivity index (χ1n) is 13.2. The Morgan fingerprint density at radius 1 is 0.927 bits per heavy atom. The van der Waals surface area contributed by atoms with E-state index in [1.54, 1.807) is 56.3 Å². The average Bonchev–Trinajstić information content (AvgIpc) is 2.92. The first kappa shape index (κ1) is 32.7. The molecule has 0 bridgehead atoms. The Morgan fingerprint density at radius 2 is 1.56 bits per heavy atom. The number of nitrogens with zero attached hydrogens (tertiary/aromatic N) is 2. The van der Waals surface area contributed by atoms with Gasteiger partial charge in [-0.2, -0.15) is 0 Å². The van der Waals surface area contributed by atoms with Gasteiger partial charge in [0.15, 0.2) is 0 Å². The fraction of sp³-hybridized carbons (Fsp3) is 0.333. The second-order valence-corrected chi connectivity index (χ2v) is 13.0. The highest BCUT2D eigenvalue weighted by Crippen LogP contribution is 2.30. The summed E-state index contributed by atoms with van der Waals surface area (Å²) >= 11 is 18.8. The average molecular weight is 639 g/mol. The molecule has 1 N–H and O–H groups in total. The fourth-order valence-corrected chi connectivity index (χ4v) is 6.26. The van der Waals surface area contributed by atoms with E-state index >= 15 is 0 Å². The lowest BCUT2D eigenvalue weighted by molar-refractivity contribution is -0.139. The molecule has 0 heterocycles. The van der Waals surface area contributed by atoms with Crippen LogP contribution >= 0.6 is 34.8 Å². The number of aryl methyl sites for hydroxylation is 2. The van der Waals surface area contributed by atoms with Crippen molar-refractivity contribution in [2.75, 3.05) is 17.4 Å². The van der Waals surface area contributed by atoms with Gasteiger partial charge in [-0.1, -0.05) is 78.0 Å². The van der Waals surface area contributed by atoms with E-state index in [1.165, 1.54) is 23.1 Å². The lowest BCUT2D eigenvalue weighted by atomic mass is 10.1. The SMILES string of the molecule is CCCCNC(=O)[C@@H](C)N(Cc1ccc(Cl)cc1Cl)C(=O)CN(c1cc(Cl)ccc1C)S(=O)(=O)c1ccc(C)cc1. The lowest BCUT2D eigenvalue weighted by Crippen LogP contribution is -2.51. The lowest BCUT2D eigenvalue weighted by Gasteiger charge is -2.32. The number of anilines is 1. The monoisotopic (exact) mass is 637 g/mol. The number of hydrogen-bond donors (Lipinski definition) is 1. The number of unbranched alkanes of at least 4 members (excludes halogenated alkanes) is 1. The van der Waals surface area contributed by atoms with Crippen LogP contribution < -0.4 is 9.62 Å². The first-order valence-corrected chi connectivity index (χ1v) is 15.8. The van der Waals surface area contributed by atoms with Crippen molar-refractivity contribution < 1.29 is 18.0 Å². The molecule has 0 aliphatic heterocycles. The topological polar surface area (TPSA) is 86.8 Å². The Morgan fingerprint density at radius 3 is 2.20 bits per heavy atom. The van der Waals surface area contributed by atoms with E-state index < -0.39 is 28.5 Å². The van der Waals surface area contributed by atoms with Crippen molar-refractivity contribution in [3.63, 3.8) is 0 Å². The first-order chi connectivity index (χ1) is 19.3. The van der Waals surface area contributed by atoms with Crippen molar-refractivity contribution in [2.24, 2.45) is 0 Å². The molecule has 0 saturated carbocycles. The molecule has 3 rings (SSSR count). The van der Waals surface area contributed by atoms with Crippen LogP contribution in [0.4, 0.5) is 5.69 Å². The van der Waals surface area contributed by atoms with E-state index in [0.29, 0.717) is 32.7 Å². The minimum Gasteiger partial charge on any atom is -0.354 e. The number of carbonyl (C=O) groups is 2. The van der Waals surface area contributed by atoms with Crippen LogP contribution in [-0.2, 0) is 26.2 Å². The Kier molecular flexibility index (Phi) is 11.5. The summed E-state index contributed by atoms with van der Waals surface area (Å²) in [4.78, 5) is 28.5. The third-order valence-electron chi connectivity index (χ3n) is 6.68. The van der Waals surface area contributed by atoms with Gasteiger partial charge in [0.25, 0.3) is 10.0 Å². The summed E-state index contributed by atoms with van der Waals surface area (Å²) in [6.07, 6.45) is 1.68. The maximum atomic E-state index is 14.1. The van der Waals surface area contributed by atoms with Gasteiger partial charge in [-0.05, 0) is 74.7 Å². The van der Waals surface area contributed by atoms with Crippen LogP contribution in [0.1, 0.15) is 43.4 Å². The summed E-state index contributed by atoms with van der Waals surface area (Å²) in [5.41, 5.74) is 2.32. The molecule has 0 aliphatic rings. The van der Waals surface area contributed by atoms with E-state index in [0.717, 1.165) is 22.7 Å². The highest BCUT2D eigenvalue weighted by atomic mass is 35.5. The molecule has 3 aromatic carbocycles. The molecule has 7 nitrogen and oxygen atoms in total. The number of sulfonamides is 1. The molecular formula is C30H34Cl3N3O4S. The van der Waals surface area contributed by atoms with E-state index in [4.69, 9.17) is 34.8 Å². The number of amides is 2. The molecule has 0 aliphatic carbocycles. The largest absolute Gasteiger partial charge is 0.354 e. The molecule has 0 radical (unpaired) electrons. The zero-order valence-electron chi connectivity index (χ0n) is 23.5. The van der Waals surface area contributed by atoms with Crippen molar-refractivity contribution in [2.45, 2.75) is 58.0 Å². The molecule has 220 valence electrons. The summed E-state index contributed by atoms with van der Waals surface area (Å²) in [5.74, 6) is -0.951. The minimum absolute atomic E-state index is 0.0212. The van der Waals surface area contributed by atoms with Crippen molar-refractivity contribution in [1.82, 2.24) is 10.2 Å². The van der Waals surface area contributed by atoms with Crippen LogP contribution in [0.15, 0.2) is 65.6 Å². The van der Waals surface area contributed by atoms with Gasteiger partial charge in [-0.15, -0.1) is 0 Å². The molecular weight excluding hydrogens is 605 g/mol. The second-order valence-electron chi connectivity index (χ2n) is 9.83. The highest BCUT2D eigenvalue weighted by Gasteiger charge is 2.33. The van der Waals surface area contributed by atoms with Gasteiger partial charge >= 0.3 is 0 Å². The van der Waals surface area contributed by atoms with Gasteiger partial charge in [-0.3, -0.25) is 13.9 Å². The van der Waals surface area contributed by atoms with Gasteiger partial charge in [0.2, 0.25) is 11.8 Å². The van der Waals surface area contributed by atoms with E-state index in [-0.39, 0.29) is 23.0 Å². The zero-order chi connectivity index (χ0) is 30.3. The maximum Gasteiger partial charge on any atom is 0.264 e. The van der Waals surface area contributed by atoms with E-state index in [2.05, 4.69) is 5.32 Å². The molecule has 41 heavy (non-hydrogen) atoms. The Balaban J connectivity index is 2.06. The van der Waals surface area contributed by atoms with Crippen LogP contribution in [0, 0.1) is 13.8 Å². The predicted molar refractivity (Wildman–Crippen MR) is 166 cm³/mol. The summed E-state index contributed by atoms with van der Waals surface area (Å²) in [7, 11) is -4.21. The highest BCUT2D eigenvalue weighted by molar-refractivity contribution is 7.92. The normalized spacial score (nSPS) is 12.1. The van der Waals surface area contributed by atoms with Gasteiger partial charge < -0.3 is 10.2 Å². The molecule has 0 fully saturated rings. The Labute approximate surface area is 257 Å². The van der Waals surface area contributed by atoms with Crippen molar-refractivity contribution in [3.05, 3.63) is 92.4 Å². The van der Waals surface area contributed by atoms with Crippen LogP contribution in [0.3, 0.4) is 0 Å². The summed E-state index contributed by atoms with van der Waals surface area (Å²) in [6, 6.07) is 15.2. The van der Waals surface area contributed by atoms with Crippen molar-refractivity contribution in [3.8, 4) is 0 Å². The summed E-state index contributed by atoms with van der Waals surface area (Å²) in [5, 5.41) is 3.92. The van der Waals surface area contributed by atoms with Crippen LogP contribution in [-0.4, -0.2) is 44.3 Å². The number of nitrogens with one attached hydrogen (secondary N) is 1. The fourth-order valence-electron chi connectivity index (χ4n) is 4.15. The molecule has 11 heteroatoms. The van der Waals surface area contributed by atoms with E-state index in [1.807, 2.05) is 13.8 Å². The van der Waals surface area contributed by atoms with Crippen LogP contribution in [0.5, 0.6) is 0 Å². The molecule has 0 unspecified atom stereocenters. The Hall–Kier alpha value is -2.78. The van der Waals surface area contributed by atoms with Crippen LogP contribution in [0.2, 0.25) is 15.1 Å². The number of carbonyl (C=O) groups excluding carboxylic acids is 2. The van der Waals surface area contributed by atoms with Gasteiger partial charge in [0.1, 0.15) is 12.6 Å². The Bertz CT molecular complexity index is 1500. The summed E-state index contributed by atoms with van der Waals surface area (Å²) in [6.45, 7) is 7.05. The smallest absolute Gasteiger partial charge is 0.264 e. The number of hydrogen-bond acceptors (Lipinski definition) is 4. The second kappa shape index (κ2) is 14.4. The standard InChI is InChI=1S/C30H34Cl3N3O4S/c1-5-6-15-34-30(38)22(4)35(18-23-10-12-24(31)16-27(23)33)29(37)19-36(28-17-25(32)11-9-21(28)3)41(39,40)26-13-7-20(2)8-14-26/h7-14,16-17,22H,5-6,15,18-19H2,1-4H3,(H,34,38)/t22-/m1/s1. The minimum atomic E-state index is -4.21. The van der Waals surface area contributed by atoms with Gasteiger partial charge in [0, 0.05) is 28.2 Å². The number of halogens is 3. The molecule has 3 aromatic rings. The maximum absolute atomic E-state index is 14.1. The zero-order valence-corrected chi connectivity index (χ0v) is 26.5.